The number of amides is 1. The molecular weight excluding hydrogens is 363 g/mol. The molecule has 0 radical (unpaired) electrons. The van der Waals surface area contributed by atoms with Crippen LogP contribution in [0.25, 0.3) is 0 Å². The molecule has 3 nitrogen and oxygen atoms in total. The highest BCUT2D eigenvalue weighted by atomic mass is 35.5. The summed E-state index contributed by atoms with van der Waals surface area (Å²) in [6, 6.07) is 13.2. The first-order valence-corrected chi connectivity index (χ1v) is 9.93. The van der Waals surface area contributed by atoms with E-state index in [1.165, 1.54) is 11.6 Å². The monoisotopic (exact) mass is 386 g/mol. The molecule has 2 aliphatic rings. The molecule has 5 heteroatoms. The van der Waals surface area contributed by atoms with Crippen LogP contribution in [0.4, 0.5) is 4.39 Å². The Hall–Kier alpha value is -1.91. The van der Waals surface area contributed by atoms with Gasteiger partial charge in [0.25, 0.3) is 0 Å². The van der Waals surface area contributed by atoms with Gasteiger partial charge < -0.3 is 5.73 Å². The minimum Gasteiger partial charge on any atom is -0.366 e. The van der Waals surface area contributed by atoms with Crippen molar-refractivity contribution in [3.63, 3.8) is 0 Å². The van der Waals surface area contributed by atoms with E-state index in [2.05, 4.69) is 11.0 Å². The van der Waals surface area contributed by atoms with E-state index in [1.54, 1.807) is 18.2 Å². The van der Waals surface area contributed by atoms with Crippen LogP contribution in [0.2, 0.25) is 5.02 Å². The van der Waals surface area contributed by atoms with Crippen molar-refractivity contribution in [2.24, 2.45) is 5.73 Å². The third-order valence-corrected chi connectivity index (χ3v) is 6.60. The van der Waals surface area contributed by atoms with Crippen molar-refractivity contribution < 1.29 is 9.18 Å². The van der Waals surface area contributed by atoms with Crippen LogP contribution in [0.3, 0.4) is 0 Å². The van der Waals surface area contributed by atoms with Gasteiger partial charge >= 0.3 is 0 Å². The van der Waals surface area contributed by atoms with E-state index in [9.17, 15) is 9.18 Å². The summed E-state index contributed by atoms with van der Waals surface area (Å²) in [4.78, 5) is 14.0. The first-order chi connectivity index (χ1) is 13.0. The van der Waals surface area contributed by atoms with Crippen LogP contribution in [0.15, 0.2) is 42.5 Å². The smallest absolute Gasteiger partial charge is 0.248 e. The van der Waals surface area contributed by atoms with Crippen LogP contribution in [0.1, 0.15) is 53.6 Å². The molecule has 2 fully saturated rings. The van der Waals surface area contributed by atoms with E-state index >= 15 is 0 Å². The van der Waals surface area contributed by atoms with E-state index in [1.807, 2.05) is 12.1 Å². The van der Waals surface area contributed by atoms with Crippen molar-refractivity contribution in [1.82, 2.24) is 4.90 Å². The molecule has 2 unspecified atom stereocenters. The number of piperidine rings is 1. The molecule has 1 aliphatic carbocycles. The van der Waals surface area contributed by atoms with Gasteiger partial charge in [0.05, 0.1) is 0 Å². The van der Waals surface area contributed by atoms with E-state index < -0.39 is 0 Å². The molecule has 2 bridgehead atoms. The highest BCUT2D eigenvalue weighted by molar-refractivity contribution is 6.30. The summed E-state index contributed by atoms with van der Waals surface area (Å²) in [5, 5.41) is 0.431. The molecule has 2 aromatic carbocycles. The van der Waals surface area contributed by atoms with E-state index in [4.69, 9.17) is 17.3 Å². The zero-order valence-corrected chi connectivity index (χ0v) is 16.0. The van der Waals surface area contributed by atoms with Crippen LogP contribution < -0.4 is 5.73 Å². The topological polar surface area (TPSA) is 46.3 Å². The van der Waals surface area contributed by atoms with E-state index in [0.717, 1.165) is 38.6 Å². The zero-order chi connectivity index (χ0) is 19.0. The van der Waals surface area contributed by atoms with Gasteiger partial charge in [-0.15, -0.1) is 0 Å². The maximum atomic E-state index is 14.2. The molecule has 1 heterocycles. The number of hydrogen-bond acceptors (Lipinski definition) is 2. The normalized spacial score (nSPS) is 25.3. The van der Waals surface area contributed by atoms with Gasteiger partial charge in [-0.2, -0.15) is 0 Å². The van der Waals surface area contributed by atoms with Crippen LogP contribution in [0, 0.1) is 5.82 Å². The Bertz CT molecular complexity index is 871. The average Bonchev–Trinajstić information content (AvgIpc) is 2.66. The maximum Gasteiger partial charge on any atom is 0.248 e. The molecule has 0 spiro atoms. The number of carbonyl (C=O) groups excluding carboxylic acids is 1. The second-order valence-corrected chi connectivity index (χ2v) is 8.37. The van der Waals surface area contributed by atoms with E-state index in [0.29, 0.717) is 28.7 Å². The lowest BCUT2D eigenvalue weighted by atomic mass is 9.63. The summed E-state index contributed by atoms with van der Waals surface area (Å²) in [5.74, 6) is -0.611. The minimum absolute atomic E-state index is 0.101. The molecule has 1 amide bonds. The van der Waals surface area contributed by atoms with Gasteiger partial charge in [0.1, 0.15) is 5.82 Å². The molecule has 142 valence electrons. The molecule has 2 aromatic rings. The van der Waals surface area contributed by atoms with Gasteiger partial charge in [0, 0.05) is 28.7 Å². The van der Waals surface area contributed by atoms with Crippen LogP contribution in [-0.2, 0) is 12.0 Å². The van der Waals surface area contributed by atoms with Crippen molar-refractivity contribution in [2.75, 3.05) is 6.54 Å². The molecule has 2 N–H and O–H groups in total. The van der Waals surface area contributed by atoms with Crippen LogP contribution in [0.5, 0.6) is 0 Å². The van der Waals surface area contributed by atoms with Crippen molar-refractivity contribution in [3.8, 4) is 0 Å². The molecule has 4 rings (SSSR count). The molecule has 0 aromatic heterocycles. The minimum atomic E-state index is -0.378. The van der Waals surface area contributed by atoms with Gasteiger partial charge in [-0.3, -0.25) is 9.69 Å². The summed E-state index contributed by atoms with van der Waals surface area (Å²) in [6.45, 7) is 1.54. The highest BCUT2D eigenvalue weighted by Gasteiger charge is 2.43. The molecular formula is C22H24ClFN2O. The molecule has 27 heavy (non-hydrogen) atoms. The van der Waals surface area contributed by atoms with Crippen LogP contribution >= 0.6 is 11.6 Å². The van der Waals surface area contributed by atoms with Crippen molar-refractivity contribution in [1.29, 1.82) is 0 Å². The van der Waals surface area contributed by atoms with Crippen molar-refractivity contribution in [2.45, 2.75) is 50.1 Å². The molecule has 1 saturated carbocycles. The number of likely N-dealkylation sites (tertiary alicyclic amines) is 1. The Labute approximate surface area is 164 Å². The number of benzene rings is 2. The first kappa shape index (κ1) is 18.5. The lowest BCUT2D eigenvalue weighted by Gasteiger charge is -2.51. The summed E-state index contributed by atoms with van der Waals surface area (Å²) >= 11 is 5.88. The second kappa shape index (κ2) is 7.25. The van der Waals surface area contributed by atoms with Crippen LogP contribution in [-0.4, -0.2) is 23.4 Å². The number of halogens is 2. The molecule has 1 saturated heterocycles. The number of hydrogen-bond donors (Lipinski definition) is 1. The largest absolute Gasteiger partial charge is 0.366 e. The SMILES string of the molecule is NC(=O)c1cccc(C23CCCC(C2)N(Cc2ccc(Cl)cc2F)CC3)c1. The van der Waals surface area contributed by atoms with Crippen molar-refractivity contribution >= 4 is 17.5 Å². The third-order valence-electron chi connectivity index (χ3n) is 6.36. The quantitative estimate of drug-likeness (QED) is 0.830. The average molecular weight is 387 g/mol. The standard InChI is InChI=1S/C22H24ClFN2O/c23-18-7-6-16(20(24)12-18)14-26-10-9-22(8-2-5-19(26)13-22)17-4-1-3-15(11-17)21(25)27/h1,3-4,6-7,11-12,19H,2,5,8-10,13-14H2,(H2,25,27). The third kappa shape index (κ3) is 3.61. The number of carbonyl (C=O) groups is 1. The van der Waals surface area contributed by atoms with Gasteiger partial charge in [-0.05, 0) is 67.5 Å². The Morgan fingerprint density at radius 1 is 1.26 bits per heavy atom. The summed E-state index contributed by atoms with van der Waals surface area (Å²) in [6.07, 6.45) is 5.47. The first-order valence-electron chi connectivity index (χ1n) is 9.55. The predicted molar refractivity (Wildman–Crippen MR) is 105 cm³/mol. The Balaban J connectivity index is 1.55. The Morgan fingerprint density at radius 2 is 2.11 bits per heavy atom. The van der Waals surface area contributed by atoms with Gasteiger partial charge in [0.15, 0.2) is 0 Å². The number of nitrogens with two attached hydrogens (primary N) is 1. The predicted octanol–water partition coefficient (Wildman–Crippen LogP) is 4.66. The fourth-order valence-electron chi connectivity index (χ4n) is 4.90. The van der Waals surface area contributed by atoms with Crippen molar-refractivity contribution in [3.05, 3.63) is 70.0 Å². The van der Waals surface area contributed by atoms with Gasteiger partial charge in [-0.1, -0.05) is 36.2 Å². The summed E-state index contributed by atoms with van der Waals surface area (Å²) in [5.41, 5.74) is 8.08. The van der Waals surface area contributed by atoms with Gasteiger partial charge in [0.2, 0.25) is 5.91 Å². The number of nitrogens with zero attached hydrogens (tertiary/aromatic N) is 1. The lowest BCUT2D eigenvalue weighted by Crippen LogP contribution is -2.51. The highest BCUT2D eigenvalue weighted by Crippen LogP contribution is 2.47. The van der Waals surface area contributed by atoms with E-state index in [-0.39, 0.29) is 17.1 Å². The zero-order valence-electron chi connectivity index (χ0n) is 15.3. The number of primary amides is 1. The number of rotatable bonds is 4. The molecule has 2 atom stereocenters. The molecule has 1 aliphatic heterocycles. The Kier molecular flexibility index (Phi) is 4.95. The Morgan fingerprint density at radius 3 is 2.89 bits per heavy atom. The van der Waals surface area contributed by atoms with Gasteiger partial charge in [-0.25, -0.2) is 4.39 Å². The summed E-state index contributed by atoms with van der Waals surface area (Å²) in [7, 11) is 0. The maximum absolute atomic E-state index is 14.2. The second-order valence-electron chi connectivity index (χ2n) is 7.93. The fourth-order valence-corrected chi connectivity index (χ4v) is 5.05. The number of fused-ring (bicyclic) bond motifs is 2. The lowest BCUT2D eigenvalue weighted by molar-refractivity contribution is 0.0451. The fraction of sp³-hybridized carbons (Fsp3) is 0.409. The summed E-state index contributed by atoms with van der Waals surface area (Å²) < 4.78 is 14.2.